The number of methoxy groups -OCH3 is 2. The van der Waals surface area contributed by atoms with Gasteiger partial charge in [0.1, 0.15) is 22.8 Å². The topological polar surface area (TPSA) is 100 Å². The minimum absolute atomic E-state index is 0.0714. The Morgan fingerprint density at radius 2 is 2.00 bits per heavy atom. The van der Waals surface area contributed by atoms with E-state index >= 15 is 0 Å². The first-order chi connectivity index (χ1) is 15.5. The van der Waals surface area contributed by atoms with E-state index in [9.17, 15) is 9.59 Å². The number of nitrogens with one attached hydrogen (secondary N) is 1. The molecule has 0 aliphatic heterocycles. The number of carbonyl (C=O) groups excluding carboxylic acids is 1. The minimum atomic E-state index is -0.201. The number of rotatable bonds is 9. The molecule has 4 rings (SSSR count). The van der Waals surface area contributed by atoms with E-state index < -0.39 is 0 Å². The van der Waals surface area contributed by atoms with Crippen LogP contribution in [0.4, 0.5) is 0 Å². The van der Waals surface area contributed by atoms with Gasteiger partial charge in [-0.2, -0.15) is 5.10 Å². The number of hydrogen-bond acceptors (Lipinski definition) is 6. The molecule has 3 aromatic heterocycles. The summed E-state index contributed by atoms with van der Waals surface area (Å²) in [7, 11) is 3.23. The molecular weight excluding hydrogens is 412 g/mol. The van der Waals surface area contributed by atoms with Gasteiger partial charge >= 0.3 is 0 Å². The number of aryl methyl sites for hydroxylation is 2. The second-order valence-electron chi connectivity index (χ2n) is 7.49. The van der Waals surface area contributed by atoms with E-state index in [-0.39, 0.29) is 11.5 Å². The highest BCUT2D eigenvalue weighted by Gasteiger charge is 2.14. The van der Waals surface area contributed by atoms with Crippen LogP contribution in [0.15, 0.2) is 45.8 Å². The van der Waals surface area contributed by atoms with E-state index in [1.165, 1.54) is 4.68 Å². The van der Waals surface area contributed by atoms with E-state index in [0.717, 1.165) is 22.6 Å². The normalized spacial score (nSPS) is 11.2. The Hall–Kier alpha value is -3.75. The number of hydrogen-bond donors (Lipinski definition) is 1. The lowest BCUT2D eigenvalue weighted by molar-refractivity contribution is -0.121. The van der Waals surface area contributed by atoms with Gasteiger partial charge in [-0.15, -0.1) is 0 Å². The van der Waals surface area contributed by atoms with Crippen molar-refractivity contribution in [2.45, 2.75) is 32.7 Å². The third-order valence-corrected chi connectivity index (χ3v) is 5.44. The summed E-state index contributed by atoms with van der Waals surface area (Å²) in [4.78, 5) is 25.0. The summed E-state index contributed by atoms with van der Waals surface area (Å²) in [5.41, 5.74) is 2.75. The molecule has 1 N–H and O–H groups in total. The smallest absolute Gasteiger partial charge is 0.291 e. The average Bonchev–Trinajstić information content (AvgIpc) is 3.38. The SMILES string of the molecule is COc1ccc(OC)c(CCNC(=O)CCCn2nc(C)n3c(cc4occc43)c2=O)c1. The number of benzene rings is 1. The standard InChI is InChI=1S/C23H26N4O5/c1-15-25-26(23(29)19-14-21-18(27(15)19)9-12-32-21)11-4-5-22(28)24-10-8-16-13-17(30-2)6-7-20(16)31-3/h6-7,9,12-14H,4-5,8,10-11H2,1-3H3,(H,24,28). The van der Waals surface area contributed by atoms with Crippen LogP contribution in [0, 0.1) is 6.92 Å². The monoisotopic (exact) mass is 438 g/mol. The molecule has 0 saturated heterocycles. The lowest BCUT2D eigenvalue weighted by Crippen LogP contribution is -2.28. The van der Waals surface area contributed by atoms with Crippen LogP contribution in [0.3, 0.4) is 0 Å². The van der Waals surface area contributed by atoms with Crippen molar-refractivity contribution in [2.24, 2.45) is 0 Å². The summed E-state index contributed by atoms with van der Waals surface area (Å²) >= 11 is 0. The van der Waals surface area contributed by atoms with Crippen molar-refractivity contribution in [1.29, 1.82) is 0 Å². The van der Waals surface area contributed by atoms with Crippen molar-refractivity contribution < 1.29 is 18.7 Å². The number of amides is 1. The molecule has 0 aliphatic carbocycles. The first kappa shape index (κ1) is 21.5. The minimum Gasteiger partial charge on any atom is -0.497 e. The molecule has 9 nitrogen and oxygen atoms in total. The zero-order chi connectivity index (χ0) is 22.7. The first-order valence-electron chi connectivity index (χ1n) is 10.5. The highest BCUT2D eigenvalue weighted by molar-refractivity contribution is 5.82. The molecule has 0 radical (unpaired) electrons. The summed E-state index contributed by atoms with van der Waals surface area (Å²) in [5.74, 6) is 2.12. The van der Waals surface area contributed by atoms with E-state index in [0.29, 0.717) is 49.3 Å². The van der Waals surface area contributed by atoms with Crippen molar-refractivity contribution in [3.05, 3.63) is 58.3 Å². The highest BCUT2D eigenvalue weighted by Crippen LogP contribution is 2.24. The van der Waals surface area contributed by atoms with Crippen molar-refractivity contribution in [3.8, 4) is 11.5 Å². The predicted molar refractivity (Wildman–Crippen MR) is 119 cm³/mol. The molecule has 168 valence electrons. The molecule has 4 aromatic rings. The van der Waals surface area contributed by atoms with Crippen LogP contribution in [0.2, 0.25) is 0 Å². The van der Waals surface area contributed by atoms with E-state index in [4.69, 9.17) is 13.9 Å². The second kappa shape index (κ2) is 9.17. The van der Waals surface area contributed by atoms with Gasteiger partial charge in [-0.05, 0) is 43.5 Å². The molecule has 0 spiro atoms. The molecule has 0 fully saturated rings. The zero-order valence-electron chi connectivity index (χ0n) is 18.4. The third kappa shape index (κ3) is 4.18. The van der Waals surface area contributed by atoms with Crippen LogP contribution < -0.4 is 20.3 Å². The molecular formula is C23H26N4O5. The summed E-state index contributed by atoms with van der Waals surface area (Å²) in [6.07, 6.45) is 3.02. The Morgan fingerprint density at radius 3 is 2.78 bits per heavy atom. The molecule has 0 aliphatic rings. The van der Waals surface area contributed by atoms with Gasteiger partial charge in [-0.3, -0.25) is 14.0 Å². The van der Waals surface area contributed by atoms with Crippen molar-refractivity contribution in [3.63, 3.8) is 0 Å². The first-order valence-corrected chi connectivity index (χ1v) is 10.5. The number of carbonyl (C=O) groups is 1. The van der Waals surface area contributed by atoms with Gasteiger partial charge in [0.2, 0.25) is 5.91 Å². The van der Waals surface area contributed by atoms with Gasteiger partial charge < -0.3 is 19.2 Å². The van der Waals surface area contributed by atoms with Crippen molar-refractivity contribution in [2.75, 3.05) is 20.8 Å². The van der Waals surface area contributed by atoms with Crippen LogP contribution in [-0.2, 0) is 17.8 Å². The molecule has 0 saturated carbocycles. The van der Waals surface area contributed by atoms with Crippen LogP contribution in [0.1, 0.15) is 24.2 Å². The summed E-state index contributed by atoms with van der Waals surface area (Å²) in [6.45, 7) is 2.68. The quantitative estimate of drug-likeness (QED) is 0.431. The van der Waals surface area contributed by atoms with Gasteiger partial charge in [-0.1, -0.05) is 0 Å². The fraction of sp³-hybridized carbons (Fsp3) is 0.348. The number of fused-ring (bicyclic) bond motifs is 3. The molecule has 3 heterocycles. The maximum atomic E-state index is 12.8. The maximum absolute atomic E-state index is 12.8. The summed E-state index contributed by atoms with van der Waals surface area (Å²) < 4.78 is 19.2. The maximum Gasteiger partial charge on any atom is 0.291 e. The van der Waals surface area contributed by atoms with Crippen LogP contribution in [0.5, 0.6) is 11.5 Å². The molecule has 0 bridgehead atoms. The van der Waals surface area contributed by atoms with Gasteiger partial charge in [0, 0.05) is 31.6 Å². The Labute approximate surface area is 184 Å². The van der Waals surface area contributed by atoms with Crippen LogP contribution in [-0.4, -0.2) is 40.9 Å². The Kier molecular flexibility index (Phi) is 6.16. The average molecular weight is 438 g/mol. The molecule has 0 atom stereocenters. The largest absolute Gasteiger partial charge is 0.497 e. The van der Waals surface area contributed by atoms with E-state index in [1.807, 2.05) is 31.2 Å². The van der Waals surface area contributed by atoms with E-state index in [1.54, 1.807) is 30.9 Å². The highest BCUT2D eigenvalue weighted by atomic mass is 16.5. The molecule has 0 unspecified atom stereocenters. The Bertz CT molecular complexity index is 1320. The Balaban J connectivity index is 1.32. The number of nitrogens with zero attached hydrogens (tertiary/aromatic N) is 3. The zero-order valence-corrected chi connectivity index (χ0v) is 18.4. The number of ether oxygens (including phenoxy) is 2. The lowest BCUT2D eigenvalue weighted by Gasteiger charge is -2.11. The fourth-order valence-electron chi connectivity index (χ4n) is 3.87. The van der Waals surface area contributed by atoms with Crippen molar-refractivity contribution >= 4 is 22.5 Å². The fourth-order valence-corrected chi connectivity index (χ4v) is 3.87. The number of furan rings is 1. The predicted octanol–water partition coefficient (Wildman–Crippen LogP) is 2.71. The molecule has 9 heteroatoms. The number of aromatic nitrogens is 3. The summed E-state index contributed by atoms with van der Waals surface area (Å²) in [5, 5.41) is 7.32. The molecule has 1 aromatic carbocycles. The summed E-state index contributed by atoms with van der Waals surface area (Å²) in [6, 6.07) is 9.12. The van der Waals surface area contributed by atoms with E-state index in [2.05, 4.69) is 10.4 Å². The second-order valence-corrected chi connectivity index (χ2v) is 7.49. The van der Waals surface area contributed by atoms with Crippen molar-refractivity contribution in [1.82, 2.24) is 19.5 Å². The molecule has 32 heavy (non-hydrogen) atoms. The third-order valence-electron chi connectivity index (χ3n) is 5.44. The van der Waals surface area contributed by atoms with Crippen LogP contribution >= 0.6 is 0 Å². The van der Waals surface area contributed by atoms with Gasteiger partial charge in [0.05, 0.1) is 26.0 Å². The van der Waals surface area contributed by atoms with Gasteiger partial charge in [0.15, 0.2) is 5.58 Å². The molecule has 1 amide bonds. The van der Waals surface area contributed by atoms with Gasteiger partial charge in [-0.25, -0.2) is 4.68 Å². The van der Waals surface area contributed by atoms with Crippen LogP contribution in [0.25, 0.3) is 16.6 Å². The lowest BCUT2D eigenvalue weighted by atomic mass is 10.1. The Morgan fingerprint density at radius 1 is 1.16 bits per heavy atom. The van der Waals surface area contributed by atoms with Gasteiger partial charge in [0.25, 0.3) is 5.56 Å².